The average molecular weight is 423 g/mol. The summed E-state index contributed by atoms with van der Waals surface area (Å²) in [6.45, 7) is 0.468. The van der Waals surface area contributed by atoms with Crippen molar-refractivity contribution in [3.05, 3.63) is 65.7 Å². The first-order valence-corrected chi connectivity index (χ1v) is 7.42. The van der Waals surface area contributed by atoms with Gasteiger partial charge in [0.15, 0.2) is 0 Å². The zero-order valence-corrected chi connectivity index (χ0v) is 13.7. The Morgan fingerprint density at radius 3 is 2.60 bits per heavy atom. The lowest BCUT2D eigenvalue weighted by molar-refractivity contribution is -0.384. The molecule has 7 heteroatoms. The molecule has 0 radical (unpaired) electrons. The Balaban J connectivity index is 2.15. The molecule has 0 aliphatic heterocycles. The molecule has 0 amide bonds. The molecule has 2 rings (SSSR count). The normalized spacial score (nSPS) is 10.3. The Bertz CT molecular complexity index is 665. The number of hydrogen-bond donors (Lipinski definition) is 1. The van der Waals surface area contributed by atoms with Crippen LogP contribution in [0.3, 0.4) is 0 Å². The van der Waals surface area contributed by atoms with E-state index in [9.17, 15) is 10.1 Å². The number of nitro groups is 1. The molecular formula is C13H9Cl2IN2O2. The summed E-state index contributed by atoms with van der Waals surface area (Å²) in [5.41, 5.74) is 1.62. The van der Waals surface area contributed by atoms with Crippen molar-refractivity contribution in [2.45, 2.75) is 6.54 Å². The maximum atomic E-state index is 10.8. The summed E-state index contributed by atoms with van der Waals surface area (Å²) in [6, 6.07) is 10.3. The molecule has 0 saturated heterocycles. The van der Waals surface area contributed by atoms with E-state index in [4.69, 9.17) is 23.2 Å². The zero-order valence-electron chi connectivity index (χ0n) is 10.1. The largest absolute Gasteiger partial charge is 0.380 e. The van der Waals surface area contributed by atoms with Gasteiger partial charge in [0.2, 0.25) is 0 Å². The van der Waals surface area contributed by atoms with Crippen LogP contribution in [0.25, 0.3) is 0 Å². The highest BCUT2D eigenvalue weighted by Gasteiger charge is 2.12. The van der Waals surface area contributed by atoms with Crippen LogP contribution in [0.5, 0.6) is 0 Å². The second-order valence-corrected chi connectivity index (χ2v) is 6.03. The van der Waals surface area contributed by atoms with E-state index >= 15 is 0 Å². The molecule has 0 atom stereocenters. The Hall–Kier alpha value is -1.05. The minimum Gasteiger partial charge on any atom is -0.380 e. The summed E-state index contributed by atoms with van der Waals surface area (Å²) in [4.78, 5) is 10.3. The number of benzene rings is 2. The SMILES string of the molecule is O=[N+]([O-])c1cc(CNc2ccc(Cl)cc2I)ccc1Cl. The highest BCUT2D eigenvalue weighted by molar-refractivity contribution is 14.1. The van der Waals surface area contributed by atoms with E-state index in [2.05, 4.69) is 27.9 Å². The fourth-order valence-corrected chi connectivity index (χ4v) is 2.89. The summed E-state index contributed by atoms with van der Waals surface area (Å²) in [7, 11) is 0. The fourth-order valence-electron chi connectivity index (χ4n) is 1.64. The molecule has 104 valence electrons. The van der Waals surface area contributed by atoms with Gasteiger partial charge < -0.3 is 5.32 Å². The van der Waals surface area contributed by atoms with Crippen LogP contribution in [0.1, 0.15) is 5.56 Å². The number of nitrogens with one attached hydrogen (secondary N) is 1. The van der Waals surface area contributed by atoms with Crippen molar-refractivity contribution in [3.63, 3.8) is 0 Å². The van der Waals surface area contributed by atoms with Gasteiger partial charge in [0.1, 0.15) is 5.02 Å². The number of nitro benzene ring substituents is 1. The number of anilines is 1. The first-order chi connectivity index (χ1) is 9.47. The number of nitrogens with zero attached hydrogens (tertiary/aromatic N) is 1. The van der Waals surface area contributed by atoms with Crippen LogP contribution in [0.2, 0.25) is 10.0 Å². The van der Waals surface area contributed by atoms with Gasteiger partial charge in [-0.15, -0.1) is 0 Å². The van der Waals surface area contributed by atoms with Gasteiger partial charge in [-0.3, -0.25) is 10.1 Å². The van der Waals surface area contributed by atoms with Gasteiger partial charge in [-0.05, 0) is 52.4 Å². The van der Waals surface area contributed by atoms with E-state index in [-0.39, 0.29) is 10.7 Å². The number of halogens is 3. The fraction of sp³-hybridized carbons (Fsp3) is 0.0769. The van der Waals surface area contributed by atoms with Crippen molar-refractivity contribution in [2.75, 3.05) is 5.32 Å². The summed E-state index contributed by atoms with van der Waals surface area (Å²) in [6.07, 6.45) is 0. The Labute approximate surface area is 139 Å². The Morgan fingerprint density at radius 1 is 1.20 bits per heavy atom. The minimum absolute atomic E-state index is 0.0863. The molecule has 0 heterocycles. The maximum Gasteiger partial charge on any atom is 0.288 e. The summed E-state index contributed by atoms with van der Waals surface area (Å²) in [5.74, 6) is 0. The molecule has 2 aromatic carbocycles. The predicted molar refractivity (Wildman–Crippen MR) is 89.6 cm³/mol. The van der Waals surface area contributed by atoms with E-state index in [0.29, 0.717) is 11.6 Å². The van der Waals surface area contributed by atoms with Crippen LogP contribution in [0.4, 0.5) is 11.4 Å². The van der Waals surface area contributed by atoms with Crippen molar-refractivity contribution >= 4 is 57.2 Å². The molecule has 0 spiro atoms. The van der Waals surface area contributed by atoms with Crippen LogP contribution in [-0.4, -0.2) is 4.92 Å². The molecule has 0 aromatic heterocycles. The predicted octanol–water partition coefficient (Wildman–Crippen LogP) is 5.12. The first-order valence-electron chi connectivity index (χ1n) is 5.59. The van der Waals surface area contributed by atoms with Gasteiger partial charge in [-0.1, -0.05) is 29.3 Å². The Morgan fingerprint density at radius 2 is 1.95 bits per heavy atom. The van der Waals surface area contributed by atoms with Gasteiger partial charge in [0.05, 0.1) is 4.92 Å². The standard InChI is InChI=1S/C13H9Cl2IN2O2/c14-9-2-4-12(11(16)6-9)17-7-8-1-3-10(15)13(5-8)18(19)20/h1-6,17H,7H2. The van der Waals surface area contributed by atoms with Crippen molar-refractivity contribution < 1.29 is 4.92 Å². The van der Waals surface area contributed by atoms with E-state index in [1.54, 1.807) is 12.1 Å². The molecule has 2 aromatic rings. The molecule has 0 bridgehead atoms. The van der Waals surface area contributed by atoms with Crippen molar-refractivity contribution in [1.82, 2.24) is 0 Å². The third kappa shape index (κ3) is 3.74. The lowest BCUT2D eigenvalue weighted by Crippen LogP contribution is -2.02. The van der Waals surface area contributed by atoms with Crippen LogP contribution in [-0.2, 0) is 6.54 Å². The second-order valence-electron chi connectivity index (χ2n) is 4.02. The van der Waals surface area contributed by atoms with Crippen molar-refractivity contribution in [3.8, 4) is 0 Å². The molecule has 4 nitrogen and oxygen atoms in total. The van der Waals surface area contributed by atoms with Crippen molar-refractivity contribution in [1.29, 1.82) is 0 Å². The number of rotatable bonds is 4. The zero-order chi connectivity index (χ0) is 14.7. The van der Waals surface area contributed by atoms with E-state index in [0.717, 1.165) is 14.8 Å². The summed E-state index contributed by atoms with van der Waals surface area (Å²) in [5, 5.41) is 14.8. The molecule has 20 heavy (non-hydrogen) atoms. The third-order valence-electron chi connectivity index (χ3n) is 2.62. The summed E-state index contributed by atoms with van der Waals surface area (Å²) < 4.78 is 0.985. The molecular weight excluding hydrogens is 414 g/mol. The Kier molecular flexibility index (Phi) is 5.06. The van der Waals surface area contributed by atoms with Gasteiger partial charge in [0, 0.05) is 26.9 Å². The monoisotopic (exact) mass is 422 g/mol. The van der Waals surface area contributed by atoms with Crippen LogP contribution < -0.4 is 5.32 Å². The van der Waals surface area contributed by atoms with Gasteiger partial charge in [-0.25, -0.2) is 0 Å². The van der Waals surface area contributed by atoms with E-state index < -0.39 is 4.92 Å². The third-order valence-corrected chi connectivity index (χ3v) is 4.07. The van der Waals surface area contributed by atoms with Gasteiger partial charge in [0.25, 0.3) is 5.69 Å². The average Bonchev–Trinajstić information content (AvgIpc) is 2.39. The van der Waals surface area contributed by atoms with Crippen molar-refractivity contribution in [2.24, 2.45) is 0 Å². The van der Waals surface area contributed by atoms with E-state index in [1.165, 1.54) is 12.1 Å². The molecule has 0 fully saturated rings. The lowest BCUT2D eigenvalue weighted by Gasteiger charge is -2.09. The molecule has 0 aliphatic carbocycles. The molecule has 0 unspecified atom stereocenters. The maximum absolute atomic E-state index is 10.8. The smallest absolute Gasteiger partial charge is 0.288 e. The lowest BCUT2D eigenvalue weighted by atomic mass is 10.2. The molecule has 0 aliphatic rings. The topological polar surface area (TPSA) is 55.2 Å². The molecule has 0 saturated carbocycles. The quantitative estimate of drug-likeness (QED) is 0.422. The minimum atomic E-state index is -0.488. The highest BCUT2D eigenvalue weighted by Crippen LogP contribution is 2.26. The second kappa shape index (κ2) is 6.60. The van der Waals surface area contributed by atoms with E-state index in [1.807, 2.05) is 12.1 Å². The summed E-state index contributed by atoms with van der Waals surface area (Å²) >= 11 is 13.8. The van der Waals surface area contributed by atoms with Gasteiger partial charge >= 0.3 is 0 Å². The van der Waals surface area contributed by atoms with Crippen LogP contribution >= 0.6 is 45.8 Å². The van der Waals surface area contributed by atoms with Crippen LogP contribution in [0.15, 0.2) is 36.4 Å². The first kappa shape index (κ1) is 15.3. The number of hydrogen-bond acceptors (Lipinski definition) is 3. The van der Waals surface area contributed by atoms with Gasteiger partial charge in [-0.2, -0.15) is 0 Å². The highest BCUT2D eigenvalue weighted by atomic mass is 127. The van der Waals surface area contributed by atoms with Crippen LogP contribution in [0, 0.1) is 13.7 Å². The molecule has 1 N–H and O–H groups in total.